The number of rotatable bonds is 6. The highest BCUT2D eigenvalue weighted by atomic mass is 32.2. The van der Waals surface area contributed by atoms with Crippen LogP contribution in [0.5, 0.6) is 0 Å². The van der Waals surface area contributed by atoms with Crippen molar-refractivity contribution in [2.75, 3.05) is 12.5 Å². The summed E-state index contributed by atoms with van der Waals surface area (Å²) < 4.78 is 1.46. The van der Waals surface area contributed by atoms with Gasteiger partial charge in [0, 0.05) is 4.24 Å². The summed E-state index contributed by atoms with van der Waals surface area (Å²) in [6, 6.07) is 0. The molecule has 0 spiro atoms. The Kier molecular flexibility index (Phi) is 8.88. The molecule has 0 fully saturated rings. The van der Waals surface area contributed by atoms with Crippen LogP contribution >= 0.6 is 23.5 Å². The molecule has 11 heavy (non-hydrogen) atoms. The fourth-order valence-electron chi connectivity index (χ4n) is 0.864. The Balaban J connectivity index is 3.37. The van der Waals surface area contributed by atoms with E-state index < -0.39 is 0 Å². The summed E-state index contributed by atoms with van der Waals surface area (Å²) >= 11 is 3.70. The van der Waals surface area contributed by atoms with E-state index in [1.165, 1.54) is 29.9 Å². The van der Waals surface area contributed by atoms with Gasteiger partial charge >= 0.3 is 0 Å². The maximum absolute atomic E-state index is 2.35. The molecular formula is C9H18S2. The smallest absolute Gasteiger partial charge is 0.0355 e. The Morgan fingerprint density at radius 2 is 1.82 bits per heavy atom. The number of hydrogen-bond donors (Lipinski definition) is 0. The van der Waals surface area contributed by atoms with E-state index in [4.69, 9.17) is 0 Å². The van der Waals surface area contributed by atoms with Gasteiger partial charge in [-0.05, 0) is 25.4 Å². The molecule has 0 bridgehead atoms. The molecule has 0 saturated heterocycles. The summed E-state index contributed by atoms with van der Waals surface area (Å²) in [5.41, 5.74) is 0. The lowest BCUT2D eigenvalue weighted by atomic mass is 10.2. The highest BCUT2D eigenvalue weighted by Crippen LogP contribution is 2.24. The van der Waals surface area contributed by atoms with E-state index in [-0.39, 0.29) is 0 Å². The van der Waals surface area contributed by atoms with E-state index in [9.17, 15) is 0 Å². The van der Waals surface area contributed by atoms with Gasteiger partial charge in [-0.3, -0.25) is 0 Å². The van der Waals surface area contributed by atoms with Gasteiger partial charge < -0.3 is 0 Å². The average molecular weight is 190 g/mol. The van der Waals surface area contributed by atoms with Crippen LogP contribution in [-0.2, 0) is 0 Å². The Morgan fingerprint density at radius 1 is 1.18 bits per heavy atom. The summed E-state index contributed by atoms with van der Waals surface area (Å²) in [7, 11) is 0. The minimum Gasteiger partial charge on any atom is -0.123 e. The van der Waals surface area contributed by atoms with E-state index in [1.807, 2.05) is 23.5 Å². The van der Waals surface area contributed by atoms with Gasteiger partial charge in [0.1, 0.15) is 0 Å². The van der Waals surface area contributed by atoms with Crippen molar-refractivity contribution in [2.24, 2.45) is 0 Å². The summed E-state index contributed by atoms with van der Waals surface area (Å²) in [4.78, 5) is 0. The highest BCUT2D eigenvalue weighted by molar-refractivity contribution is 8.21. The number of hydrogen-bond acceptors (Lipinski definition) is 2. The standard InChI is InChI=1S/C9H18S2/c1-4-5-6-7-8-9(10-2)11-3/h8H,4-7H2,1-3H3. The van der Waals surface area contributed by atoms with Crippen molar-refractivity contribution >= 4 is 23.5 Å². The van der Waals surface area contributed by atoms with Crippen LogP contribution in [0.2, 0.25) is 0 Å². The number of unbranched alkanes of at least 4 members (excludes halogenated alkanes) is 3. The van der Waals surface area contributed by atoms with E-state index in [2.05, 4.69) is 25.5 Å². The predicted molar refractivity (Wildman–Crippen MR) is 59.3 cm³/mol. The molecule has 0 rings (SSSR count). The monoisotopic (exact) mass is 190 g/mol. The van der Waals surface area contributed by atoms with Gasteiger partial charge in [-0.1, -0.05) is 25.8 Å². The number of allylic oxidation sites excluding steroid dienone is 1. The molecule has 0 unspecified atom stereocenters. The number of thioether (sulfide) groups is 2. The Morgan fingerprint density at radius 3 is 2.27 bits per heavy atom. The second-order valence-electron chi connectivity index (χ2n) is 2.43. The zero-order valence-corrected chi connectivity index (χ0v) is 9.36. The molecule has 0 N–H and O–H groups in total. The first-order valence-corrected chi connectivity index (χ1v) is 6.58. The molecule has 0 atom stereocenters. The zero-order valence-electron chi connectivity index (χ0n) is 7.72. The first-order chi connectivity index (χ1) is 5.35. The summed E-state index contributed by atoms with van der Waals surface area (Å²) in [5, 5.41) is 0. The molecule has 0 nitrogen and oxygen atoms in total. The first kappa shape index (κ1) is 11.4. The third kappa shape index (κ3) is 6.82. The van der Waals surface area contributed by atoms with Gasteiger partial charge in [0.15, 0.2) is 0 Å². The second-order valence-corrected chi connectivity index (χ2v) is 4.38. The first-order valence-electron chi connectivity index (χ1n) is 4.13. The molecule has 0 saturated carbocycles. The molecule has 0 aromatic heterocycles. The van der Waals surface area contributed by atoms with Crippen molar-refractivity contribution in [3.63, 3.8) is 0 Å². The predicted octanol–water partition coefficient (Wildman–Crippen LogP) is 4.13. The molecule has 0 aliphatic carbocycles. The van der Waals surface area contributed by atoms with Crippen LogP contribution in [-0.4, -0.2) is 12.5 Å². The quantitative estimate of drug-likeness (QED) is 0.577. The van der Waals surface area contributed by atoms with Crippen LogP contribution in [0.15, 0.2) is 10.3 Å². The molecule has 0 radical (unpaired) electrons. The Hall–Kier alpha value is 0.440. The van der Waals surface area contributed by atoms with Crippen molar-refractivity contribution in [1.82, 2.24) is 0 Å². The van der Waals surface area contributed by atoms with Gasteiger partial charge in [-0.2, -0.15) is 0 Å². The molecule has 0 amide bonds. The van der Waals surface area contributed by atoms with Gasteiger partial charge in [0.2, 0.25) is 0 Å². The van der Waals surface area contributed by atoms with Crippen LogP contribution in [0.3, 0.4) is 0 Å². The van der Waals surface area contributed by atoms with Crippen LogP contribution < -0.4 is 0 Å². The van der Waals surface area contributed by atoms with Crippen molar-refractivity contribution in [1.29, 1.82) is 0 Å². The van der Waals surface area contributed by atoms with Crippen molar-refractivity contribution < 1.29 is 0 Å². The molecule has 0 aliphatic heterocycles. The van der Waals surface area contributed by atoms with Gasteiger partial charge in [-0.25, -0.2) is 0 Å². The lowest BCUT2D eigenvalue weighted by Crippen LogP contribution is -1.72. The summed E-state index contributed by atoms with van der Waals surface area (Å²) in [5.74, 6) is 0. The second kappa shape index (κ2) is 8.54. The average Bonchev–Trinajstić information content (AvgIpc) is 2.05. The molecule has 0 aromatic carbocycles. The van der Waals surface area contributed by atoms with Crippen LogP contribution in [0.4, 0.5) is 0 Å². The third-order valence-electron chi connectivity index (χ3n) is 1.52. The minimum absolute atomic E-state index is 1.25. The van der Waals surface area contributed by atoms with Crippen LogP contribution in [0, 0.1) is 0 Å². The molecule has 0 heterocycles. The lowest BCUT2D eigenvalue weighted by molar-refractivity contribution is 0.729. The minimum atomic E-state index is 1.25. The highest BCUT2D eigenvalue weighted by Gasteiger charge is 1.89. The largest absolute Gasteiger partial charge is 0.123 e. The summed E-state index contributed by atoms with van der Waals surface area (Å²) in [6.07, 6.45) is 11.9. The van der Waals surface area contributed by atoms with Crippen LogP contribution in [0.25, 0.3) is 0 Å². The summed E-state index contributed by atoms with van der Waals surface area (Å²) in [6.45, 7) is 2.24. The van der Waals surface area contributed by atoms with Crippen molar-refractivity contribution in [3.8, 4) is 0 Å². The van der Waals surface area contributed by atoms with E-state index in [0.29, 0.717) is 0 Å². The SMILES string of the molecule is CCCCCC=C(SC)SC. The van der Waals surface area contributed by atoms with Crippen molar-refractivity contribution in [2.45, 2.75) is 32.6 Å². The van der Waals surface area contributed by atoms with Gasteiger partial charge in [0.05, 0.1) is 0 Å². The molecule has 2 heteroatoms. The maximum Gasteiger partial charge on any atom is 0.0355 e. The Labute approximate surface area is 79.2 Å². The molecule has 0 aliphatic rings. The fourth-order valence-corrected chi connectivity index (χ4v) is 2.10. The van der Waals surface area contributed by atoms with Gasteiger partial charge in [0.25, 0.3) is 0 Å². The zero-order chi connectivity index (χ0) is 8.53. The molecule has 66 valence electrons. The van der Waals surface area contributed by atoms with E-state index in [0.717, 1.165) is 0 Å². The topological polar surface area (TPSA) is 0 Å². The van der Waals surface area contributed by atoms with Crippen molar-refractivity contribution in [3.05, 3.63) is 10.3 Å². The molecular weight excluding hydrogens is 172 g/mol. The maximum atomic E-state index is 2.35. The molecule has 0 aromatic rings. The van der Waals surface area contributed by atoms with E-state index in [1.54, 1.807) is 0 Å². The normalized spacial score (nSPS) is 9.73. The fraction of sp³-hybridized carbons (Fsp3) is 0.778. The van der Waals surface area contributed by atoms with E-state index >= 15 is 0 Å². The lowest BCUT2D eigenvalue weighted by Gasteiger charge is -1.98. The van der Waals surface area contributed by atoms with Gasteiger partial charge in [-0.15, -0.1) is 23.5 Å². The third-order valence-corrected chi connectivity index (χ3v) is 3.66. The Bertz CT molecular complexity index is 102. The van der Waals surface area contributed by atoms with Crippen LogP contribution in [0.1, 0.15) is 32.6 Å².